The molecule has 2 atom stereocenters. The monoisotopic (exact) mass is 323 g/mol. The summed E-state index contributed by atoms with van der Waals surface area (Å²) < 4.78 is 13.3. The predicted octanol–water partition coefficient (Wildman–Crippen LogP) is 3.90. The molecule has 0 aliphatic carbocycles. The molecule has 2 N–H and O–H groups in total. The van der Waals surface area contributed by atoms with Crippen LogP contribution in [0.15, 0.2) is 57.9 Å². The molecule has 0 bridgehead atoms. The van der Waals surface area contributed by atoms with Gasteiger partial charge in [0.05, 0.1) is 20.9 Å². The molecule has 94 valence electrons. The first-order chi connectivity index (χ1) is 8.59. The Bertz CT molecular complexity index is 571. The van der Waals surface area contributed by atoms with Crippen molar-refractivity contribution in [2.75, 3.05) is 5.73 Å². The smallest absolute Gasteiger partial charge is 0.0616 e. The Kier molecular flexibility index (Phi) is 4.19. The van der Waals surface area contributed by atoms with E-state index in [0.717, 1.165) is 14.9 Å². The number of anilines is 1. The van der Waals surface area contributed by atoms with Crippen molar-refractivity contribution in [1.29, 1.82) is 0 Å². The Morgan fingerprint density at radius 1 is 1.17 bits per heavy atom. The van der Waals surface area contributed by atoms with Crippen molar-refractivity contribution in [3.8, 4) is 0 Å². The van der Waals surface area contributed by atoms with Gasteiger partial charge in [-0.1, -0.05) is 30.3 Å². The quantitative estimate of drug-likeness (QED) is 0.870. The first-order valence-corrected chi connectivity index (χ1v) is 7.60. The summed E-state index contributed by atoms with van der Waals surface area (Å²) in [7, 11) is -1.10. The van der Waals surface area contributed by atoms with Gasteiger partial charge in [0.15, 0.2) is 0 Å². The molecule has 0 saturated carbocycles. The van der Waals surface area contributed by atoms with Gasteiger partial charge in [0.1, 0.15) is 0 Å². The first-order valence-electron chi connectivity index (χ1n) is 5.60. The van der Waals surface area contributed by atoms with Gasteiger partial charge in [0.25, 0.3) is 0 Å². The molecule has 0 fully saturated rings. The summed E-state index contributed by atoms with van der Waals surface area (Å²) in [6.07, 6.45) is 0. The maximum atomic E-state index is 12.5. The zero-order chi connectivity index (χ0) is 13.1. The van der Waals surface area contributed by atoms with Crippen molar-refractivity contribution in [2.24, 2.45) is 0 Å². The molecule has 0 saturated heterocycles. The van der Waals surface area contributed by atoms with Gasteiger partial charge in [-0.25, -0.2) is 0 Å². The highest BCUT2D eigenvalue weighted by atomic mass is 79.9. The lowest BCUT2D eigenvalue weighted by atomic mass is 10.2. The van der Waals surface area contributed by atoms with Crippen LogP contribution in [0.2, 0.25) is 0 Å². The highest BCUT2D eigenvalue weighted by Crippen LogP contribution is 2.30. The fraction of sp³-hybridized carbons (Fsp3) is 0.143. The Morgan fingerprint density at radius 3 is 2.44 bits per heavy atom. The lowest BCUT2D eigenvalue weighted by Crippen LogP contribution is -2.04. The lowest BCUT2D eigenvalue weighted by molar-refractivity contribution is 0.675. The van der Waals surface area contributed by atoms with Gasteiger partial charge in [0, 0.05) is 10.2 Å². The van der Waals surface area contributed by atoms with Crippen LogP contribution in [0.5, 0.6) is 0 Å². The van der Waals surface area contributed by atoms with Crippen molar-refractivity contribution in [1.82, 2.24) is 0 Å². The molecule has 0 aliphatic heterocycles. The molecule has 0 spiro atoms. The summed E-state index contributed by atoms with van der Waals surface area (Å²) in [5.74, 6) is 0. The highest BCUT2D eigenvalue weighted by Gasteiger charge is 2.17. The lowest BCUT2D eigenvalue weighted by Gasteiger charge is -2.13. The van der Waals surface area contributed by atoms with Gasteiger partial charge < -0.3 is 5.73 Å². The van der Waals surface area contributed by atoms with E-state index in [9.17, 15) is 4.21 Å². The second-order valence-electron chi connectivity index (χ2n) is 4.04. The molecule has 0 amide bonds. The van der Waals surface area contributed by atoms with E-state index in [1.165, 1.54) is 0 Å². The van der Waals surface area contributed by atoms with E-state index < -0.39 is 10.8 Å². The molecule has 2 aromatic rings. The Balaban J connectivity index is 2.32. The normalized spacial score (nSPS) is 14.1. The Hall–Kier alpha value is -1.13. The van der Waals surface area contributed by atoms with Gasteiger partial charge in [0.2, 0.25) is 0 Å². The van der Waals surface area contributed by atoms with E-state index >= 15 is 0 Å². The first kappa shape index (κ1) is 13.3. The zero-order valence-corrected chi connectivity index (χ0v) is 12.4. The third kappa shape index (κ3) is 2.82. The van der Waals surface area contributed by atoms with Gasteiger partial charge in [-0.15, -0.1) is 0 Å². The number of rotatable bonds is 3. The number of halogens is 1. The van der Waals surface area contributed by atoms with Gasteiger partial charge in [-0.3, -0.25) is 4.21 Å². The predicted molar refractivity (Wildman–Crippen MR) is 79.8 cm³/mol. The van der Waals surface area contributed by atoms with Crippen LogP contribution in [0.25, 0.3) is 0 Å². The minimum Gasteiger partial charge on any atom is -0.399 e. The van der Waals surface area contributed by atoms with E-state index in [1.54, 1.807) is 12.1 Å². The Labute approximate surface area is 118 Å². The van der Waals surface area contributed by atoms with Crippen LogP contribution in [0.3, 0.4) is 0 Å². The summed E-state index contributed by atoms with van der Waals surface area (Å²) in [6.45, 7) is 1.97. The summed E-state index contributed by atoms with van der Waals surface area (Å²) in [4.78, 5) is 0.778. The Morgan fingerprint density at radius 2 is 1.83 bits per heavy atom. The molecule has 4 heteroatoms. The second kappa shape index (κ2) is 5.67. The molecule has 2 aromatic carbocycles. The molecule has 2 rings (SSSR count). The largest absolute Gasteiger partial charge is 0.399 e. The van der Waals surface area contributed by atoms with Crippen molar-refractivity contribution in [2.45, 2.75) is 17.1 Å². The van der Waals surface area contributed by atoms with Crippen LogP contribution in [0.4, 0.5) is 5.69 Å². The van der Waals surface area contributed by atoms with E-state index in [1.807, 2.05) is 43.3 Å². The molecule has 2 unspecified atom stereocenters. The SMILES string of the molecule is CC(c1ccccc1)S(=O)c1ccc(N)cc1Br. The van der Waals surface area contributed by atoms with Crippen molar-refractivity contribution in [3.63, 3.8) is 0 Å². The average molecular weight is 324 g/mol. The molecule has 0 aliphatic rings. The topological polar surface area (TPSA) is 43.1 Å². The summed E-state index contributed by atoms with van der Waals surface area (Å²) in [5.41, 5.74) is 7.42. The molecular formula is C14H14BrNOS. The van der Waals surface area contributed by atoms with E-state index in [0.29, 0.717) is 5.69 Å². The van der Waals surface area contributed by atoms with E-state index in [2.05, 4.69) is 15.9 Å². The van der Waals surface area contributed by atoms with Crippen molar-refractivity contribution < 1.29 is 4.21 Å². The summed E-state index contributed by atoms with van der Waals surface area (Å²) in [6, 6.07) is 15.2. The molecule has 0 aromatic heterocycles. The fourth-order valence-electron chi connectivity index (χ4n) is 1.72. The van der Waals surface area contributed by atoms with Crippen LogP contribution in [-0.4, -0.2) is 4.21 Å². The molecular weight excluding hydrogens is 310 g/mol. The number of nitrogen functional groups attached to an aromatic ring is 1. The standard InChI is InChI=1S/C14H14BrNOS/c1-10(11-5-3-2-4-6-11)18(17)14-8-7-12(16)9-13(14)15/h2-10H,16H2,1H3. The fourth-order valence-corrected chi connectivity index (χ4v) is 3.83. The maximum absolute atomic E-state index is 12.5. The van der Waals surface area contributed by atoms with Crippen LogP contribution in [0.1, 0.15) is 17.7 Å². The van der Waals surface area contributed by atoms with Crippen molar-refractivity contribution in [3.05, 3.63) is 58.6 Å². The number of hydrogen-bond donors (Lipinski definition) is 1. The summed E-state index contributed by atoms with van der Waals surface area (Å²) >= 11 is 3.42. The van der Waals surface area contributed by atoms with Gasteiger partial charge in [-0.05, 0) is 46.6 Å². The van der Waals surface area contributed by atoms with Crippen molar-refractivity contribution >= 4 is 32.4 Å². The zero-order valence-electron chi connectivity index (χ0n) is 9.97. The summed E-state index contributed by atoms with van der Waals surface area (Å²) in [5, 5.41) is -0.0499. The van der Waals surface area contributed by atoms with Gasteiger partial charge >= 0.3 is 0 Å². The van der Waals surface area contributed by atoms with Crippen LogP contribution in [0, 0.1) is 0 Å². The average Bonchev–Trinajstić information content (AvgIpc) is 2.38. The number of benzene rings is 2. The minimum absolute atomic E-state index is 0.0499. The van der Waals surface area contributed by atoms with Crippen LogP contribution < -0.4 is 5.73 Å². The molecule has 18 heavy (non-hydrogen) atoms. The maximum Gasteiger partial charge on any atom is 0.0616 e. The number of nitrogens with two attached hydrogens (primary N) is 1. The van der Waals surface area contributed by atoms with Crippen LogP contribution >= 0.6 is 15.9 Å². The highest BCUT2D eigenvalue weighted by molar-refractivity contribution is 9.10. The third-order valence-corrected chi connectivity index (χ3v) is 5.39. The van der Waals surface area contributed by atoms with E-state index in [4.69, 9.17) is 5.73 Å². The van der Waals surface area contributed by atoms with Crippen LogP contribution in [-0.2, 0) is 10.8 Å². The van der Waals surface area contributed by atoms with Gasteiger partial charge in [-0.2, -0.15) is 0 Å². The number of hydrogen-bond acceptors (Lipinski definition) is 2. The third-order valence-electron chi connectivity index (χ3n) is 2.76. The minimum atomic E-state index is -1.10. The molecule has 0 heterocycles. The molecule has 2 nitrogen and oxygen atoms in total. The van der Waals surface area contributed by atoms with E-state index in [-0.39, 0.29) is 5.25 Å². The second-order valence-corrected chi connectivity index (χ2v) is 6.64. The molecule has 0 radical (unpaired) electrons.